The molecule has 2 rings (SSSR count). The molecule has 1 fully saturated rings. The van der Waals surface area contributed by atoms with Crippen molar-refractivity contribution in [3.63, 3.8) is 0 Å². The highest BCUT2D eigenvalue weighted by molar-refractivity contribution is 7.99. The van der Waals surface area contributed by atoms with Gasteiger partial charge in [-0.1, -0.05) is 11.6 Å². The minimum absolute atomic E-state index is 0.0473. The summed E-state index contributed by atoms with van der Waals surface area (Å²) in [4.78, 5) is 26.2. The van der Waals surface area contributed by atoms with Crippen molar-refractivity contribution >= 4 is 40.9 Å². The van der Waals surface area contributed by atoms with Gasteiger partial charge in [-0.3, -0.25) is 9.59 Å². The van der Waals surface area contributed by atoms with Crippen molar-refractivity contribution < 1.29 is 9.59 Å². The predicted octanol–water partition coefficient (Wildman–Crippen LogP) is 2.86. The van der Waals surface area contributed by atoms with E-state index in [1.165, 1.54) is 0 Å². The number of nitrogens with zero attached hydrogens (tertiary/aromatic N) is 1. The highest BCUT2D eigenvalue weighted by Crippen LogP contribution is 2.23. The molecule has 0 aliphatic carbocycles. The summed E-state index contributed by atoms with van der Waals surface area (Å²) in [6, 6.07) is 5.25. The number of nitrogens with one attached hydrogen (secondary N) is 2. The molecule has 0 saturated carbocycles. The normalized spacial score (nSPS) is 17.4. The van der Waals surface area contributed by atoms with E-state index in [1.807, 2.05) is 25.6 Å². The Kier molecular flexibility index (Phi) is 7.40. The number of amides is 2. The molecule has 1 atom stereocenters. The molecule has 1 saturated heterocycles. The first-order valence-electron chi connectivity index (χ1n) is 8.25. The molecule has 0 spiro atoms. The van der Waals surface area contributed by atoms with Crippen molar-refractivity contribution in [2.24, 2.45) is 0 Å². The summed E-state index contributed by atoms with van der Waals surface area (Å²) >= 11 is 8.10. The standard InChI is InChI=1S/C17H24ClN3O2S/c1-3-21(4-2)17(23)14-6-5-12(9-15(14)18)20-16(22)10-13-11-24-8-7-19-13/h5-6,9,13,19H,3-4,7-8,10-11H2,1-2H3,(H,20,22). The summed E-state index contributed by atoms with van der Waals surface area (Å²) in [6.45, 7) is 6.08. The van der Waals surface area contributed by atoms with E-state index in [0.717, 1.165) is 18.1 Å². The SMILES string of the molecule is CCN(CC)C(=O)c1ccc(NC(=O)CC2CSCCN2)cc1Cl. The first-order valence-corrected chi connectivity index (χ1v) is 9.78. The van der Waals surface area contributed by atoms with Gasteiger partial charge >= 0.3 is 0 Å². The van der Waals surface area contributed by atoms with Crippen molar-refractivity contribution in [3.8, 4) is 0 Å². The lowest BCUT2D eigenvalue weighted by Gasteiger charge is -2.22. The number of carbonyl (C=O) groups is 2. The number of hydrogen-bond donors (Lipinski definition) is 2. The largest absolute Gasteiger partial charge is 0.339 e. The summed E-state index contributed by atoms with van der Waals surface area (Å²) in [5, 5.41) is 6.55. The van der Waals surface area contributed by atoms with Crippen LogP contribution in [0.25, 0.3) is 0 Å². The van der Waals surface area contributed by atoms with Crippen LogP contribution >= 0.6 is 23.4 Å². The maximum absolute atomic E-state index is 12.4. The minimum atomic E-state index is -0.0914. The van der Waals surface area contributed by atoms with E-state index in [9.17, 15) is 9.59 Å². The second-order valence-electron chi connectivity index (χ2n) is 5.65. The quantitative estimate of drug-likeness (QED) is 0.809. The van der Waals surface area contributed by atoms with E-state index >= 15 is 0 Å². The summed E-state index contributed by atoms with van der Waals surface area (Å²) in [5.74, 6) is 1.90. The highest BCUT2D eigenvalue weighted by Gasteiger charge is 2.18. The van der Waals surface area contributed by atoms with Gasteiger partial charge in [0.25, 0.3) is 5.91 Å². The molecule has 1 aliphatic heterocycles. The predicted molar refractivity (Wildman–Crippen MR) is 101 cm³/mol. The van der Waals surface area contributed by atoms with Gasteiger partial charge in [-0.2, -0.15) is 11.8 Å². The number of thioether (sulfide) groups is 1. The van der Waals surface area contributed by atoms with Gasteiger partial charge in [-0.25, -0.2) is 0 Å². The zero-order valence-electron chi connectivity index (χ0n) is 14.1. The maximum Gasteiger partial charge on any atom is 0.255 e. The van der Waals surface area contributed by atoms with E-state index < -0.39 is 0 Å². The molecule has 1 aromatic carbocycles. The van der Waals surface area contributed by atoms with Gasteiger partial charge in [0, 0.05) is 49.3 Å². The summed E-state index contributed by atoms with van der Waals surface area (Å²) in [5.41, 5.74) is 1.08. The van der Waals surface area contributed by atoms with E-state index in [0.29, 0.717) is 35.8 Å². The number of anilines is 1. The van der Waals surface area contributed by atoms with E-state index in [4.69, 9.17) is 11.6 Å². The number of carbonyl (C=O) groups excluding carboxylic acids is 2. The van der Waals surface area contributed by atoms with Crippen molar-refractivity contribution in [2.75, 3.05) is 36.5 Å². The molecule has 132 valence electrons. The Labute approximate surface area is 152 Å². The van der Waals surface area contributed by atoms with Gasteiger partial charge in [-0.05, 0) is 32.0 Å². The molecule has 1 aliphatic rings. The van der Waals surface area contributed by atoms with Crippen LogP contribution in [0.2, 0.25) is 5.02 Å². The monoisotopic (exact) mass is 369 g/mol. The van der Waals surface area contributed by atoms with Gasteiger partial charge in [0.2, 0.25) is 5.91 Å². The molecular formula is C17H24ClN3O2S. The number of hydrogen-bond acceptors (Lipinski definition) is 4. The van der Waals surface area contributed by atoms with Crippen LogP contribution in [0.1, 0.15) is 30.6 Å². The number of halogens is 1. The molecule has 7 heteroatoms. The lowest BCUT2D eigenvalue weighted by atomic mass is 10.1. The Morgan fingerprint density at radius 2 is 2.12 bits per heavy atom. The molecule has 2 N–H and O–H groups in total. The minimum Gasteiger partial charge on any atom is -0.339 e. The van der Waals surface area contributed by atoms with Crippen LogP contribution in [0.3, 0.4) is 0 Å². The van der Waals surface area contributed by atoms with Gasteiger partial charge in [-0.15, -0.1) is 0 Å². The summed E-state index contributed by atoms with van der Waals surface area (Å²) < 4.78 is 0. The molecular weight excluding hydrogens is 346 g/mol. The summed E-state index contributed by atoms with van der Waals surface area (Å²) in [6.07, 6.45) is 0.435. The summed E-state index contributed by atoms with van der Waals surface area (Å²) in [7, 11) is 0. The zero-order valence-corrected chi connectivity index (χ0v) is 15.7. The molecule has 0 bridgehead atoms. The molecule has 1 heterocycles. The molecule has 1 unspecified atom stereocenters. The maximum atomic E-state index is 12.4. The van der Waals surface area contributed by atoms with Crippen LogP contribution in [-0.4, -0.2) is 53.9 Å². The lowest BCUT2D eigenvalue weighted by Crippen LogP contribution is -2.39. The first-order chi connectivity index (χ1) is 11.5. The van der Waals surface area contributed by atoms with E-state index in [1.54, 1.807) is 23.1 Å². The van der Waals surface area contributed by atoms with Crippen molar-refractivity contribution in [2.45, 2.75) is 26.3 Å². The smallest absolute Gasteiger partial charge is 0.255 e. The van der Waals surface area contributed by atoms with Gasteiger partial charge < -0.3 is 15.5 Å². The van der Waals surface area contributed by atoms with Crippen molar-refractivity contribution in [1.82, 2.24) is 10.2 Å². The van der Waals surface area contributed by atoms with Crippen LogP contribution in [0.15, 0.2) is 18.2 Å². The molecule has 24 heavy (non-hydrogen) atoms. The van der Waals surface area contributed by atoms with E-state index in [2.05, 4.69) is 10.6 Å². The topological polar surface area (TPSA) is 61.4 Å². The van der Waals surface area contributed by atoms with Crippen molar-refractivity contribution in [1.29, 1.82) is 0 Å². The molecule has 2 amide bonds. The molecule has 0 radical (unpaired) electrons. The molecule has 0 aromatic heterocycles. The van der Waals surface area contributed by atoms with Gasteiger partial charge in [0.15, 0.2) is 0 Å². The Hall–Kier alpha value is -1.24. The van der Waals surface area contributed by atoms with Crippen molar-refractivity contribution in [3.05, 3.63) is 28.8 Å². The third kappa shape index (κ3) is 5.13. The molecule has 5 nitrogen and oxygen atoms in total. The average molecular weight is 370 g/mol. The lowest BCUT2D eigenvalue weighted by molar-refractivity contribution is -0.116. The zero-order chi connectivity index (χ0) is 17.5. The fraction of sp³-hybridized carbons (Fsp3) is 0.529. The number of rotatable bonds is 6. The van der Waals surface area contributed by atoms with Crippen LogP contribution in [0.5, 0.6) is 0 Å². The van der Waals surface area contributed by atoms with Crippen LogP contribution in [0, 0.1) is 0 Å². The number of benzene rings is 1. The Bertz CT molecular complexity index is 587. The van der Waals surface area contributed by atoms with E-state index in [-0.39, 0.29) is 17.9 Å². The second kappa shape index (κ2) is 9.30. The van der Waals surface area contributed by atoms with Gasteiger partial charge in [0.1, 0.15) is 0 Å². The first kappa shape index (κ1) is 19.1. The van der Waals surface area contributed by atoms with Crippen LogP contribution in [-0.2, 0) is 4.79 Å². The fourth-order valence-corrected chi connectivity index (χ4v) is 3.84. The fourth-order valence-electron chi connectivity index (χ4n) is 2.63. The second-order valence-corrected chi connectivity index (χ2v) is 7.21. The van der Waals surface area contributed by atoms with Crippen LogP contribution in [0.4, 0.5) is 5.69 Å². The third-order valence-electron chi connectivity index (χ3n) is 3.96. The molecule has 1 aromatic rings. The third-order valence-corrected chi connectivity index (χ3v) is 5.41. The van der Waals surface area contributed by atoms with Gasteiger partial charge in [0.05, 0.1) is 10.6 Å². The highest BCUT2D eigenvalue weighted by atomic mass is 35.5. The average Bonchev–Trinajstić information content (AvgIpc) is 2.56. The Morgan fingerprint density at radius 3 is 2.71 bits per heavy atom. The Balaban J connectivity index is 1.98. The Morgan fingerprint density at radius 1 is 1.38 bits per heavy atom. The van der Waals surface area contributed by atoms with Crippen LogP contribution < -0.4 is 10.6 Å².